The maximum absolute atomic E-state index is 13.0. The van der Waals surface area contributed by atoms with Crippen LogP contribution >= 0.6 is 22.7 Å². The predicted octanol–water partition coefficient (Wildman–Crippen LogP) is 6.46. The van der Waals surface area contributed by atoms with E-state index < -0.39 is 0 Å². The summed E-state index contributed by atoms with van der Waals surface area (Å²) in [7, 11) is 0. The van der Waals surface area contributed by atoms with Crippen molar-refractivity contribution < 1.29 is 4.79 Å². The number of fused-ring (bicyclic) bond motifs is 2. The maximum atomic E-state index is 13.0. The van der Waals surface area contributed by atoms with Crippen LogP contribution in [-0.4, -0.2) is 10.9 Å². The summed E-state index contributed by atoms with van der Waals surface area (Å²) in [5, 5.41) is 7.03. The van der Waals surface area contributed by atoms with Crippen molar-refractivity contribution in [1.82, 2.24) is 4.98 Å². The van der Waals surface area contributed by atoms with E-state index in [1.807, 2.05) is 12.1 Å². The number of nitrogens with zero attached hydrogens (tertiary/aromatic N) is 1. The van der Waals surface area contributed by atoms with Crippen molar-refractivity contribution in [3.8, 4) is 11.1 Å². The van der Waals surface area contributed by atoms with E-state index in [9.17, 15) is 4.79 Å². The fourth-order valence-electron chi connectivity index (χ4n) is 3.75. The summed E-state index contributed by atoms with van der Waals surface area (Å²) in [5.74, 6) is -0.0882. The van der Waals surface area contributed by atoms with Gasteiger partial charge >= 0.3 is 0 Å². The van der Waals surface area contributed by atoms with Crippen LogP contribution < -0.4 is 5.32 Å². The number of carbonyl (C=O) groups excluding carboxylic acids is 1. The van der Waals surface area contributed by atoms with Crippen molar-refractivity contribution >= 4 is 43.8 Å². The van der Waals surface area contributed by atoms with Crippen LogP contribution in [0.2, 0.25) is 0 Å². The SMILES string of the molecule is Cc1ccc(-c2cc(C(=O)Nc3nc4c(s3)CCCC4)cc3sccc23)cc1. The smallest absolute Gasteiger partial charge is 0.257 e. The monoisotopic (exact) mass is 404 g/mol. The Kier molecular flexibility index (Phi) is 4.49. The molecule has 5 heteroatoms. The molecule has 3 nitrogen and oxygen atoms in total. The molecule has 0 atom stereocenters. The lowest BCUT2D eigenvalue weighted by atomic mass is 9.98. The normalized spacial score (nSPS) is 13.5. The quantitative estimate of drug-likeness (QED) is 0.425. The second-order valence-electron chi connectivity index (χ2n) is 7.27. The van der Waals surface area contributed by atoms with Crippen LogP contribution in [0.4, 0.5) is 5.13 Å². The largest absolute Gasteiger partial charge is 0.298 e. The Morgan fingerprint density at radius 3 is 2.71 bits per heavy atom. The third-order valence-electron chi connectivity index (χ3n) is 5.26. The Bertz CT molecular complexity index is 1150. The lowest BCUT2D eigenvalue weighted by molar-refractivity contribution is 0.102. The number of hydrogen-bond donors (Lipinski definition) is 1. The van der Waals surface area contributed by atoms with Gasteiger partial charge in [-0.15, -0.1) is 22.7 Å². The number of thiophene rings is 1. The number of aromatic nitrogens is 1. The average molecular weight is 405 g/mol. The highest BCUT2D eigenvalue weighted by Gasteiger charge is 2.18. The summed E-state index contributed by atoms with van der Waals surface area (Å²) in [6.07, 6.45) is 4.53. The van der Waals surface area contributed by atoms with E-state index >= 15 is 0 Å². The first-order valence-corrected chi connectivity index (χ1v) is 11.3. The fourth-order valence-corrected chi connectivity index (χ4v) is 5.64. The number of nitrogens with one attached hydrogen (secondary N) is 1. The molecule has 140 valence electrons. The van der Waals surface area contributed by atoms with Gasteiger partial charge in [-0.1, -0.05) is 29.8 Å². The second kappa shape index (κ2) is 7.15. The van der Waals surface area contributed by atoms with Crippen molar-refractivity contribution in [2.45, 2.75) is 32.6 Å². The minimum absolute atomic E-state index is 0.0882. The summed E-state index contributed by atoms with van der Waals surface area (Å²) < 4.78 is 1.13. The van der Waals surface area contributed by atoms with Gasteiger partial charge in [-0.25, -0.2) is 4.98 Å². The summed E-state index contributed by atoms with van der Waals surface area (Å²) >= 11 is 3.29. The number of rotatable bonds is 3. The molecule has 0 saturated carbocycles. The third-order valence-corrected chi connectivity index (χ3v) is 7.20. The molecule has 0 aliphatic heterocycles. The Balaban J connectivity index is 1.50. The number of anilines is 1. The molecule has 0 saturated heterocycles. The Hall–Kier alpha value is -2.50. The third kappa shape index (κ3) is 3.25. The number of hydrogen-bond acceptors (Lipinski definition) is 4. The van der Waals surface area contributed by atoms with Crippen molar-refractivity contribution in [2.75, 3.05) is 5.32 Å². The summed E-state index contributed by atoms with van der Waals surface area (Å²) in [6.45, 7) is 2.08. The minimum atomic E-state index is -0.0882. The second-order valence-corrected chi connectivity index (χ2v) is 9.30. The minimum Gasteiger partial charge on any atom is -0.298 e. The molecular formula is C23H20N2OS2. The van der Waals surface area contributed by atoms with Crippen LogP contribution in [-0.2, 0) is 12.8 Å². The van der Waals surface area contributed by atoms with Crippen molar-refractivity contribution in [2.24, 2.45) is 0 Å². The fraction of sp³-hybridized carbons (Fsp3) is 0.217. The number of aryl methyl sites for hydroxylation is 3. The zero-order chi connectivity index (χ0) is 19.1. The van der Waals surface area contributed by atoms with Gasteiger partial charge in [-0.2, -0.15) is 0 Å². The van der Waals surface area contributed by atoms with E-state index in [0.717, 1.165) is 33.8 Å². The van der Waals surface area contributed by atoms with Crippen molar-refractivity contribution in [3.05, 3.63) is 69.5 Å². The molecule has 0 spiro atoms. The Morgan fingerprint density at radius 2 is 1.89 bits per heavy atom. The number of thiazole rings is 1. The molecule has 1 aliphatic carbocycles. The van der Waals surface area contributed by atoms with Gasteiger partial charge in [0.05, 0.1) is 5.69 Å². The molecule has 1 N–H and O–H groups in total. The molecule has 4 aromatic rings. The standard InChI is InChI=1S/C23H20N2OS2/c1-14-6-8-15(9-7-14)18-12-16(13-21-17(18)10-11-27-21)22(26)25-23-24-19-4-2-3-5-20(19)28-23/h6-13H,2-5H2,1H3,(H,24,25,26). The number of benzene rings is 2. The average Bonchev–Trinajstić information content (AvgIpc) is 3.33. The van der Waals surface area contributed by atoms with E-state index in [1.54, 1.807) is 22.7 Å². The van der Waals surface area contributed by atoms with Crippen molar-refractivity contribution in [1.29, 1.82) is 0 Å². The van der Waals surface area contributed by atoms with Crippen LogP contribution in [0.3, 0.4) is 0 Å². The Morgan fingerprint density at radius 1 is 1.07 bits per heavy atom. The molecular weight excluding hydrogens is 384 g/mol. The summed E-state index contributed by atoms with van der Waals surface area (Å²) in [5.41, 5.74) is 5.31. The maximum Gasteiger partial charge on any atom is 0.257 e. The topological polar surface area (TPSA) is 42.0 Å². The van der Waals surface area contributed by atoms with Crippen molar-refractivity contribution in [3.63, 3.8) is 0 Å². The van der Waals surface area contributed by atoms with E-state index in [1.165, 1.54) is 34.4 Å². The van der Waals surface area contributed by atoms with Gasteiger partial charge in [0, 0.05) is 20.5 Å². The van der Waals surface area contributed by atoms with E-state index in [-0.39, 0.29) is 5.91 Å². The first kappa shape index (κ1) is 17.6. The first-order chi connectivity index (χ1) is 13.7. The van der Waals surface area contributed by atoms with Gasteiger partial charge < -0.3 is 0 Å². The molecule has 0 bridgehead atoms. The van der Waals surface area contributed by atoms with Gasteiger partial charge in [0.1, 0.15) is 0 Å². The Labute approximate surface area is 172 Å². The molecule has 0 fully saturated rings. The van der Waals surface area contributed by atoms with Gasteiger partial charge in [0.15, 0.2) is 5.13 Å². The highest BCUT2D eigenvalue weighted by Crippen LogP contribution is 2.34. The van der Waals surface area contributed by atoms with Gasteiger partial charge in [0.2, 0.25) is 0 Å². The van der Waals surface area contributed by atoms with E-state index in [4.69, 9.17) is 0 Å². The number of carbonyl (C=O) groups is 1. The molecule has 5 rings (SSSR count). The zero-order valence-corrected chi connectivity index (χ0v) is 17.3. The lowest BCUT2D eigenvalue weighted by Crippen LogP contribution is -2.12. The molecule has 28 heavy (non-hydrogen) atoms. The zero-order valence-electron chi connectivity index (χ0n) is 15.6. The molecule has 1 amide bonds. The first-order valence-electron chi connectivity index (χ1n) is 9.55. The highest BCUT2D eigenvalue weighted by molar-refractivity contribution is 7.17. The molecule has 0 unspecified atom stereocenters. The summed E-state index contributed by atoms with van der Waals surface area (Å²) in [6, 6.07) is 14.6. The summed E-state index contributed by atoms with van der Waals surface area (Å²) in [4.78, 5) is 19.0. The van der Waals surface area contributed by atoms with Crippen LogP contribution in [0, 0.1) is 6.92 Å². The molecule has 2 aromatic carbocycles. The highest BCUT2D eigenvalue weighted by atomic mass is 32.1. The number of amides is 1. The lowest BCUT2D eigenvalue weighted by Gasteiger charge is -2.08. The van der Waals surface area contributed by atoms with Crippen LogP contribution in [0.25, 0.3) is 21.2 Å². The van der Waals surface area contributed by atoms with E-state index in [0.29, 0.717) is 5.56 Å². The molecule has 1 aliphatic rings. The van der Waals surface area contributed by atoms with Gasteiger partial charge in [0.25, 0.3) is 5.91 Å². The van der Waals surface area contributed by atoms with Gasteiger partial charge in [-0.05, 0) is 67.3 Å². The molecule has 2 aromatic heterocycles. The van der Waals surface area contributed by atoms with Crippen LogP contribution in [0.1, 0.15) is 39.3 Å². The van der Waals surface area contributed by atoms with Crippen LogP contribution in [0.5, 0.6) is 0 Å². The molecule has 0 radical (unpaired) electrons. The molecule has 2 heterocycles. The van der Waals surface area contributed by atoms with Crippen LogP contribution in [0.15, 0.2) is 47.8 Å². The predicted molar refractivity (Wildman–Crippen MR) is 119 cm³/mol. The van der Waals surface area contributed by atoms with Gasteiger partial charge in [-0.3, -0.25) is 10.1 Å². The van der Waals surface area contributed by atoms with E-state index in [2.05, 4.69) is 52.9 Å².